The molecule has 0 aliphatic carbocycles. The normalized spacial score (nSPS) is 10.8. The summed E-state index contributed by atoms with van der Waals surface area (Å²) in [5.74, 6) is 3.76. The molecular formula is C14H16ClNOS. The molecule has 2 nitrogen and oxygen atoms in total. The molecule has 0 amide bonds. The number of thioether (sulfide) groups is 1. The summed E-state index contributed by atoms with van der Waals surface area (Å²) in [6, 6.07) is 12.0. The van der Waals surface area contributed by atoms with E-state index in [0.717, 1.165) is 34.6 Å². The van der Waals surface area contributed by atoms with Crippen molar-refractivity contribution >= 4 is 23.4 Å². The van der Waals surface area contributed by atoms with E-state index in [0.29, 0.717) is 0 Å². The lowest BCUT2D eigenvalue weighted by Gasteiger charge is -2.02. The van der Waals surface area contributed by atoms with E-state index in [4.69, 9.17) is 16.0 Å². The van der Waals surface area contributed by atoms with Gasteiger partial charge in [-0.3, -0.25) is 0 Å². The molecule has 0 bridgehead atoms. The van der Waals surface area contributed by atoms with Crippen LogP contribution in [0.4, 0.5) is 0 Å². The van der Waals surface area contributed by atoms with Gasteiger partial charge in [-0.15, -0.1) is 11.8 Å². The standard InChI is InChI=1S/C14H16ClNOS/c1-16-8-12-6-7-13(17-12)10-18-9-11-4-2-3-5-14(11)15/h2-7,16H,8-10H2,1H3. The minimum absolute atomic E-state index is 0.773. The first-order valence-electron chi connectivity index (χ1n) is 5.83. The molecule has 0 radical (unpaired) electrons. The minimum Gasteiger partial charge on any atom is -0.464 e. The fourth-order valence-corrected chi connectivity index (χ4v) is 2.86. The summed E-state index contributed by atoms with van der Waals surface area (Å²) < 4.78 is 5.68. The Balaban J connectivity index is 1.83. The molecule has 0 spiro atoms. The van der Waals surface area contributed by atoms with Crippen LogP contribution in [0.5, 0.6) is 0 Å². The molecule has 0 aliphatic heterocycles. The Morgan fingerprint density at radius 1 is 1.11 bits per heavy atom. The molecule has 1 aromatic heterocycles. The number of hydrogen-bond donors (Lipinski definition) is 1. The third kappa shape index (κ3) is 3.80. The third-order valence-electron chi connectivity index (χ3n) is 2.53. The zero-order valence-corrected chi connectivity index (χ0v) is 11.9. The largest absolute Gasteiger partial charge is 0.464 e. The topological polar surface area (TPSA) is 25.2 Å². The van der Waals surface area contributed by atoms with Gasteiger partial charge in [-0.2, -0.15) is 0 Å². The van der Waals surface area contributed by atoms with Gasteiger partial charge in [0.25, 0.3) is 0 Å². The van der Waals surface area contributed by atoms with Gasteiger partial charge in [-0.1, -0.05) is 29.8 Å². The van der Waals surface area contributed by atoms with E-state index in [1.54, 1.807) is 11.8 Å². The number of nitrogens with one attached hydrogen (secondary N) is 1. The number of rotatable bonds is 6. The number of hydrogen-bond acceptors (Lipinski definition) is 3. The van der Waals surface area contributed by atoms with Crippen LogP contribution in [0.15, 0.2) is 40.8 Å². The Morgan fingerprint density at radius 3 is 2.67 bits per heavy atom. The summed E-state index contributed by atoms with van der Waals surface area (Å²) >= 11 is 7.91. The Bertz CT molecular complexity index is 498. The summed E-state index contributed by atoms with van der Waals surface area (Å²) in [7, 11) is 1.91. The van der Waals surface area contributed by atoms with E-state index in [1.165, 1.54) is 5.56 Å². The van der Waals surface area contributed by atoms with Crippen molar-refractivity contribution < 1.29 is 4.42 Å². The second-order valence-corrected chi connectivity index (χ2v) is 5.38. The Hall–Kier alpha value is -0.900. The first-order chi connectivity index (χ1) is 8.79. The van der Waals surface area contributed by atoms with E-state index >= 15 is 0 Å². The zero-order chi connectivity index (χ0) is 12.8. The van der Waals surface area contributed by atoms with E-state index in [-0.39, 0.29) is 0 Å². The van der Waals surface area contributed by atoms with Gasteiger partial charge in [0.05, 0.1) is 12.3 Å². The van der Waals surface area contributed by atoms with Crippen molar-refractivity contribution in [2.75, 3.05) is 7.05 Å². The van der Waals surface area contributed by atoms with Crippen molar-refractivity contribution in [1.82, 2.24) is 5.32 Å². The van der Waals surface area contributed by atoms with E-state index in [9.17, 15) is 0 Å². The lowest BCUT2D eigenvalue weighted by atomic mass is 10.2. The maximum Gasteiger partial charge on any atom is 0.117 e. The van der Waals surface area contributed by atoms with Gasteiger partial charge in [0, 0.05) is 10.8 Å². The smallest absolute Gasteiger partial charge is 0.117 e. The number of benzene rings is 1. The van der Waals surface area contributed by atoms with Gasteiger partial charge in [-0.05, 0) is 30.8 Å². The molecule has 0 saturated heterocycles. The van der Waals surface area contributed by atoms with Gasteiger partial charge in [0.1, 0.15) is 11.5 Å². The minimum atomic E-state index is 0.773. The van der Waals surface area contributed by atoms with Crippen molar-refractivity contribution in [2.24, 2.45) is 0 Å². The fourth-order valence-electron chi connectivity index (χ4n) is 1.65. The van der Waals surface area contributed by atoms with Crippen LogP contribution in [0.1, 0.15) is 17.1 Å². The quantitative estimate of drug-likeness (QED) is 0.863. The lowest BCUT2D eigenvalue weighted by molar-refractivity contribution is 0.469. The van der Waals surface area contributed by atoms with Crippen molar-refractivity contribution in [3.8, 4) is 0 Å². The van der Waals surface area contributed by atoms with Crippen LogP contribution in [-0.4, -0.2) is 7.05 Å². The summed E-state index contributed by atoms with van der Waals surface area (Å²) in [6.07, 6.45) is 0. The van der Waals surface area contributed by atoms with Crippen molar-refractivity contribution in [1.29, 1.82) is 0 Å². The van der Waals surface area contributed by atoms with Crippen LogP contribution in [-0.2, 0) is 18.1 Å². The maximum absolute atomic E-state index is 6.11. The second kappa shape index (κ2) is 6.88. The maximum atomic E-state index is 6.11. The molecular weight excluding hydrogens is 266 g/mol. The van der Waals surface area contributed by atoms with E-state index in [1.807, 2.05) is 37.4 Å². The first-order valence-corrected chi connectivity index (χ1v) is 7.36. The summed E-state index contributed by atoms with van der Waals surface area (Å²) in [5, 5.41) is 3.90. The molecule has 0 fully saturated rings. The summed E-state index contributed by atoms with van der Waals surface area (Å²) in [5.41, 5.74) is 1.17. The Kier molecular flexibility index (Phi) is 5.17. The highest BCUT2D eigenvalue weighted by atomic mass is 35.5. The first kappa shape index (κ1) is 13.5. The zero-order valence-electron chi connectivity index (χ0n) is 10.3. The number of halogens is 1. The molecule has 2 rings (SSSR count). The molecule has 4 heteroatoms. The molecule has 0 atom stereocenters. The SMILES string of the molecule is CNCc1ccc(CSCc2ccccc2Cl)o1. The van der Waals surface area contributed by atoms with Gasteiger partial charge in [0.15, 0.2) is 0 Å². The monoisotopic (exact) mass is 281 g/mol. The predicted molar refractivity (Wildman–Crippen MR) is 77.9 cm³/mol. The van der Waals surface area contributed by atoms with Crippen molar-refractivity contribution in [2.45, 2.75) is 18.1 Å². The van der Waals surface area contributed by atoms with Crippen LogP contribution in [0.25, 0.3) is 0 Å². The fraction of sp³-hybridized carbons (Fsp3) is 0.286. The molecule has 96 valence electrons. The van der Waals surface area contributed by atoms with Gasteiger partial charge in [0.2, 0.25) is 0 Å². The molecule has 1 N–H and O–H groups in total. The van der Waals surface area contributed by atoms with E-state index < -0.39 is 0 Å². The Labute approximate surface area is 117 Å². The van der Waals surface area contributed by atoms with Gasteiger partial charge < -0.3 is 9.73 Å². The average molecular weight is 282 g/mol. The number of furan rings is 1. The van der Waals surface area contributed by atoms with Crippen LogP contribution in [0.3, 0.4) is 0 Å². The third-order valence-corrected chi connectivity index (χ3v) is 3.90. The van der Waals surface area contributed by atoms with Crippen molar-refractivity contribution in [3.05, 3.63) is 58.5 Å². The highest BCUT2D eigenvalue weighted by Crippen LogP contribution is 2.23. The summed E-state index contributed by atoms with van der Waals surface area (Å²) in [4.78, 5) is 0. The molecule has 1 heterocycles. The van der Waals surface area contributed by atoms with Crippen LogP contribution >= 0.6 is 23.4 Å². The van der Waals surface area contributed by atoms with Crippen LogP contribution < -0.4 is 5.32 Å². The molecule has 18 heavy (non-hydrogen) atoms. The highest BCUT2D eigenvalue weighted by molar-refractivity contribution is 7.97. The molecule has 0 unspecified atom stereocenters. The molecule has 1 aromatic carbocycles. The molecule has 0 saturated carbocycles. The van der Waals surface area contributed by atoms with Crippen molar-refractivity contribution in [3.63, 3.8) is 0 Å². The Morgan fingerprint density at radius 2 is 1.89 bits per heavy atom. The molecule has 2 aromatic rings. The molecule has 0 aliphatic rings. The van der Waals surface area contributed by atoms with Crippen LogP contribution in [0.2, 0.25) is 5.02 Å². The average Bonchev–Trinajstić information content (AvgIpc) is 2.80. The highest BCUT2D eigenvalue weighted by Gasteiger charge is 2.03. The second-order valence-electron chi connectivity index (χ2n) is 3.98. The van der Waals surface area contributed by atoms with Crippen LogP contribution in [0, 0.1) is 0 Å². The summed E-state index contributed by atoms with van der Waals surface area (Å²) in [6.45, 7) is 0.773. The van der Waals surface area contributed by atoms with Gasteiger partial charge >= 0.3 is 0 Å². The van der Waals surface area contributed by atoms with E-state index in [2.05, 4.69) is 11.4 Å². The van der Waals surface area contributed by atoms with Gasteiger partial charge in [-0.25, -0.2) is 0 Å². The lowest BCUT2D eigenvalue weighted by Crippen LogP contribution is -2.03. The predicted octanol–water partition coefficient (Wildman–Crippen LogP) is 4.09.